The monoisotopic (exact) mass is 658 g/mol. The van der Waals surface area contributed by atoms with Crippen molar-refractivity contribution in [2.75, 3.05) is 0 Å². The van der Waals surface area contributed by atoms with Crippen LogP contribution in [0.25, 0.3) is 5.65 Å². The van der Waals surface area contributed by atoms with Gasteiger partial charge in [-0.15, -0.1) is 5.10 Å². The lowest BCUT2D eigenvalue weighted by Crippen LogP contribution is -2.41. The molecule has 2 N–H and O–H groups in total. The molecule has 2 amide bonds. The third-order valence-electron chi connectivity index (χ3n) is 9.18. The molecular formula is C29H33F7N8O2. The number of rotatable bonds is 11. The van der Waals surface area contributed by atoms with Crippen LogP contribution in [0.3, 0.4) is 0 Å². The maximum atomic E-state index is 14.0. The minimum absolute atomic E-state index is 0.0356. The summed E-state index contributed by atoms with van der Waals surface area (Å²) in [5.41, 5.74) is 1.10. The average Bonchev–Trinajstić information content (AvgIpc) is 3.56. The molecule has 250 valence electrons. The molecule has 2 unspecified atom stereocenters. The maximum absolute atomic E-state index is 14.0. The molecule has 10 nitrogen and oxygen atoms in total. The van der Waals surface area contributed by atoms with E-state index in [4.69, 9.17) is 0 Å². The number of fused-ring (bicyclic) bond motifs is 1. The summed E-state index contributed by atoms with van der Waals surface area (Å²) in [6.45, 7) is -0.146. The van der Waals surface area contributed by atoms with Crippen molar-refractivity contribution in [2.45, 2.75) is 101 Å². The Hall–Kier alpha value is -3.79. The minimum Gasteiger partial charge on any atom is -0.349 e. The van der Waals surface area contributed by atoms with Gasteiger partial charge in [-0.2, -0.15) is 28.2 Å². The molecule has 17 heteroatoms. The van der Waals surface area contributed by atoms with Crippen molar-refractivity contribution in [3.05, 3.63) is 41.6 Å². The Bertz CT molecular complexity index is 1570. The summed E-state index contributed by atoms with van der Waals surface area (Å²) in [4.78, 5) is 31.3. The molecule has 0 aromatic carbocycles. The second-order valence-corrected chi connectivity index (χ2v) is 12.7. The first-order valence-electron chi connectivity index (χ1n) is 15.3. The zero-order valence-electron chi connectivity index (χ0n) is 24.6. The molecule has 0 saturated heterocycles. The smallest absolute Gasteiger partial charge is 0.349 e. The highest BCUT2D eigenvalue weighted by Crippen LogP contribution is 2.45. The lowest BCUT2D eigenvalue weighted by atomic mass is 9.81. The molecule has 0 aliphatic heterocycles. The molecule has 0 spiro atoms. The molecule has 3 heterocycles. The van der Waals surface area contributed by atoms with E-state index in [1.807, 2.05) is 0 Å². The molecule has 3 saturated carbocycles. The zero-order valence-corrected chi connectivity index (χ0v) is 24.6. The standard InChI is InChI=1S/C29H33F7N8O2/c30-27(31)7-3-17(4-8-27)25(41-26(46)20-13-38-44(42-20)14-19-5-9-28(19,32)33)21-15-43-22(39-21)11-18(12-37-43)24(16-1-2-16)40-23(45)6-10-29(34,35)36/h11-13,15-17,19,24-25H,1-10,14H2,(H,40,45)(H,41,46)/t19?,24?,25-/m0/s1. The average molecular weight is 659 g/mol. The number of alkyl halides is 7. The molecule has 3 aromatic heterocycles. The van der Waals surface area contributed by atoms with Gasteiger partial charge in [0.05, 0.1) is 49.3 Å². The van der Waals surface area contributed by atoms with E-state index in [0.29, 0.717) is 23.3 Å². The fraction of sp³-hybridized carbons (Fsp3) is 0.655. The SMILES string of the molecule is O=C(CCC(F)(F)F)NC(c1cnn2cc([C@@H](NC(=O)c3cnn(CC4CCC4(F)F)n3)C3CCC(F)(F)CC3)nc2c1)C1CC1. The number of halogens is 7. The van der Waals surface area contributed by atoms with Crippen molar-refractivity contribution in [2.24, 2.45) is 17.8 Å². The molecule has 3 atom stereocenters. The van der Waals surface area contributed by atoms with E-state index in [2.05, 4.69) is 30.9 Å². The molecule has 3 aliphatic carbocycles. The fourth-order valence-electron chi connectivity index (χ4n) is 6.16. The van der Waals surface area contributed by atoms with Crippen LogP contribution in [0.15, 0.2) is 24.7 Å². The topological polar surface area (TPSA) is 119 Å². The van der Waals surface area contributed by atoms with E-state index in [0.717, 1.165) is 23.8 Å². The van der Waals surface area contributed by atoms with E-state index in [-0.39, 0.29) is 50.3 Å². The van der Waals surface area contributed by atoms with E-state index in [1.165, 1.54) is 10.7 Å². The second kappa shape index (κ2) is 12.1. The van der Waals surface area contributed by atoms with Crippen LogP contribution in [-0.4, -0.2) is 59.4 Å². The van der Waals surface area contributed by atoms with Crippen molar-refractivity contribution in [1.29, 1.82) is 0 Å². The van der Waals surface area contributed by atoms with Gasteiger partial charge in [-0.3, -0.25) is 9.59 Å². The Morgan fingerprint density at radius 3 is 2.28 bits per heavy atom. The Kier molecular flexibility index (Phi) is 8.46. The first-order chi connectivity index (χ1) is 21.7. The summed E-state index contributed by atoms with van der Waals surface area (Å²) < 4.78 is 94.9. The highest BCUT2D eigenvalue weighted by molar-refractivity contribution is 5.92. The molecule has 0 radical (unpaired) electrons. The van der Waals surface area contributed by atoms with E-state index >= 15 is 0 Å². The molecular weight excluding hydrogens is 625 g/mol. The summed E-state index contributed by atoms with van der Waals surface area (Å²) in [5.74, 6) is -8.33. The Labute approximate surface area is 258 Å². The molecule has 46 heavy (non-hydrogen) atoms. The lowest BCUT2D eigenvalue weighted by molar-refractivity contribution is -0.144. The van der Waals surface area contributed by atoms with Crippen LogP contribution in [0.5, 0.6) is 0 Å². The molecule has 3 fully saturated rings. The third kappa shape index (κ3) is 7.43. The third-order valence-corrected chi connectivity index (χ3v) is 9.18. The van der Waals surface area contributed by atoms with Crippen LogP contribution >= 0.6 is 0 Å². The van der Waals surface area contributed by atoms with Gasteiger partial charge in [-0.25, -0.2) is 27.1 Å². The van der Waals surface area contributed by atoms with Crippen molar-refractivity contribution < 1.29 is 40.3 Å². The lowest BCUT2D eigenvalue weighted by Gasteiger charge is -2.35. The zero-order chi connectivity index (χ0) is 32.9. The fourth-order valence-corrected chi connectivity index (χ4v) is 6.16. The summed E-state index contributed by atoms with van der Waals surface area (Å²) in [7, 11) is 0. The normalized spacial score (nSPS) is 22.6. The number of carbonyl (C=O) groups excluding carboxylic acids is 2. The maximum Gasteiger partial charge on any atom is 0.389 e. The highest BCUT2D eigenvalue weighted by atomic mass is 19.4. The number of amides is 2. The summed E-state index contributed by atoms with van der Waals surface area (Å²) >= 11 is 0. The Morgan fingerprint density at radius 2 is 1.65 bits per heavy atom. The van der Waals surface area contributed by atoms with Crippen molar-refractivity contribution in [1.82, 2.24) is 40.2 Å². The summed E-state index contributed by atoms with van der Waals surface area (Å²) in [5, 5.41) is 17.9. The van der Waals surface area contributed by atoms with Gasteiger partial charge in [0.15, 0.2) is 11.3 Å². The van der Waals surface area contributed by atoms with Crippen LogP contribution < -0.4 is 10.6 Å². The van der Waals surface area contributed by atoms with Gasteiger partial charge in [0.2, 0.25) is 11.8 Å². The number of carbonyl (C=O) groups is 2. The first kappa shape index (κ1) is 32.2. The van der Waals surface area contributed by atoms with Crippen molar-refractivity contribution >= 4 is 17.5 Å². The Morgan fingerprint density at radius 1 is 0.935 bits per heavy atom. The predicted molar refractivity (Wildman–Crippen MR) is 147 cm³/mol. The van der Waals surface area contributed by atoms with E-state index in [1.54, 1.807) is 12.3 Å². The molecule has 3 aliphatic rings. The number of aromatic nitrogens is 6. The van der Waals surface area contributed by atoms with Crippen LogP contribution in [0, 0.1) is 17.8 Å². The summed E-state index contributed by atoms with van der Waals surface area (Å²) in [6.07, 6.45) is -1.05. The van der Waals surface area contributed by atoms with Crippen molar-refractivity contribution in [3.8, 4) is 0 Å². The first-order valence-corrected chi connectivity index (χ1v) is 15.3. The number of nitrogens with zero attached hydrogens (tertiary/aromatic N) is 6. The molecule has 6 rings (SSSR count). The van der Waals surface area contributed by atoms with Gasteiger partial charge in [0.1, 0.15) is 0 Å². The van der Waals surface area contributed by atoms with Crippen molar-refractivity contribution in [3.63, 3.8) is 0 Å². The van der Waals surface area contributed by atoms with Gasteiger partial charge >= 0.3 is 6.18 Å². The Balaban J connectivity index is 1.21. The van der Waals surface area contributed by atoms with E-state index < -0.39 is 66.6 Å². The quantitative estimate of drug-likeness (QED) is 0.260. The number of hydrogen-bond donors (Lipinski definition) is 2. The number of hydrogen-bond acceptors (Lipinski definition) is 6. The second-order valence-electron chi connectivity index (χ2n) is 12.7. The highest BCUT2D eigenvalue weighted by Gasteiger charge is 2.48. The largest absolute Gasteiger partial charge is 0.389 e. The van der Waals surface area contributed by atoms with Gasteiger partial charge in [-0.05, 0) is 55.6 Å². The van der Waals surface area contributed by atoms with Crippen LogP contribution in [0.2, 0.25) is 0 Å². The molecule has 3 aromatic rings. The van der Waals surface area contributed by atoms with Crippen LogP contribution in [-0.2, 0) is 11.3 Å². The summed E-state index contributed by atoms with van der Waals surface area (Å²) in [6, 6.07) is 0.271. The van der Waals surface area contributed by atoms with Gasteiger partial charge in [0, 0.05) is 31.6 Å². The van der Waals surface area contributed by atoms with Gasteiger partial charge < -0.3 is 10.6 Å². The van der Waals surface area contributed by atoms with Crippen LogP contribution in [0.4, 0.5) is 30.7 Å². The van der Waals surface area contributed by atoms with Crippen LogP contribution in [0.1, 0.15) is 98.0 Å². The predicted octanol–water partition coefficient (Wildman–Crippen LogP) is 5.57. The van der Waals surface area contributed by atoms with E-state index in [9.17, 15) is 40.3 Å². The number of nitrogens with one attached hydrogen (secondary N) is 2. The molecule has 0 bridgehead atoms. The number of imidazole rings is 1. The van der Waals surface area contributed by atoms with Gasteiger partial charge in [-0.1, -0.05) is 0 Å². The minimum atomic E-state index is -4.45. The van der Waals surface area contributed by atoms with Gasteiger partial charge in [0.25, 0.3) is 11.8 Å².